The van der Waals surface area contributed by atoms with Crippen molar-refractivity contribution in [1.82, 2.24) is 0 Å². The first-order valence-corrected chi connectivity index (χ1v) is 8.60. The lowest BCUT2D eigenvalue weighted by Crippen LogP contribution is -2.28. The number of alkyl halides is 3. The number of nitrogens with one attached hydrogen (secondary N) is 1. The predicted octanol–water partition coefficient (Wildman–Crippen LogP) is 3.91. The van der Waals surface area contributed by atoms with E-state index in [0.717, 1.165) is 17.0 Å². The molecule has 1 saturated heterocycles. The Kier molecular flexibility index (Phi) is 5.27. The molecule has 1 atom stereocenters. The van der Waals surface area contributed by atoms with Crippen LogP contribution in [0.15, 0.2) is 42.5 Å². The van der Waals surface area contributed by atoms with Gasteiger partial charge in [0.15, 0.2) is 0 Å². The Morgan fingerprint density at radius 2 is 1.93 bits per heavy atom. The average molecular weight is 407 g/mol. The van der Waals surface area contributed by atoms with Gasteiger partial charge in [-0.25, -0.2) is 0 Å². The first kappa shape index (κ1) is 20.3. The number of carbonyl (C=O) groups is 2. The number of rotatable bonds is 4. The molecule has 7 nitrogen and oxygen atoms in total. The fraction of sp³-hybridized carbons (Fsp3) is 0.263. The van der Waals surface area contributed by atoms with Crippen molar-refractivity contribution < 1.29 is 27.7 Å². The number of hydrogen-bond donors (Lipinski definition) is 1. The van der Waals surface area contributed by atoms with Gasteiger partial charge in [0.05, 0.1) is 27.7 Å². The number of anilines is 2. The normalized spacial score (nSPS) is 16.8. The van der Waals surface area contributed by atoms with Gasteiger partial charge in [0.25, 0.3) is 5.69 Å². The maximum atomic E-state index is 12.9. The summed E-state index contributed by atoms with van der Waals surface area (Å²) in [5.74, 6) is -1.80. The Balaban J connectivity index is 1.76. The van der Waals surface area contributed by atoms with Crippen molar-refractivity contribution in [2.45, 2.75) is 19.5 Å². The van der Waals surface area contributed by atoms with Crippen molar-refractivity contribution >= 4 is 28.9 Å². The van der Waals surface area contributed by atoms with E-state index in [4.69, 9.17) is 0 Å². The molecule has 3 rings (SSSR count). The molecule has 0 bridgehead atoms. The van der Waals surface area contributed by atoms with Gasteiger partial charge >= 0.3 is 6.18 Å². The second kappa shape index (κ2) is 7.53. The fourth-order valence-corrected chi connectivity index (χ4v) is 3.17. The molecule has 2 amide bonds. The Labute approximate surface area is 163 Å². The molecule has 2 aromatic carbocycles. The molecule has 1 aliphatic rings. The summed E-state index contributed by atoms with van der Waals surface area (Å²) in [6.07, 6.45) is -4.72. The molecule has 0 aliphatic carbocycles. The van der Waals surface area contributed by atoms with Gasteiger partial charge in [0.2, 0.25) is 11.8 Å². The summed E-state index contributed by atoms with van der Waals surface area (Å²) in [6, 6.07) is 8.57. The van der Waals surface area contributed by atoms with Gasteiger partial charge in [-0.05, 0) is 31.2 Å². The number of nitrogens with zero attached hydrogens (tertiary/aromatic N) is 2. The second-order valence-corrected chi connectivity index (χ2v) is 6.65. The van der Waals surface area contributed by atoms with Crippen LogP contribution in [0.2, 0.25) is 0 Å². The largest absolute Gasteiger partial charge is 0.416 e. The highest BCUT2D eigenvalue weighted by Gasteiger charge is 2.37. The van der Waals surface area contributed by atoms with Gasteiger partial charge in [0.1, 0.15) is 0 Å². The number of halogens is 3. The molecule has 10 heteroatoms. The van der Waals surface area contributed by atoms with Crippen molar-refractivity contribution in [3.63, 3.8) is 0 Å². The van der Waals surface area contributed by atoms with Gasteiger partial charge in [-0.1, -0.05) is 12.1 Å². The van der Waals surface area contributed by atoms with Gasteiger partial charge in [-0.2, -0.15) is 13.2 Å². The highest BCUT2D eigenvalue weighted by molar-refractivity contribution is 6.03. The summed E-state index contributed by atoms with van der Waals surface area (Å²) in [6.45, 7) is 1.41. The van der Waals surface area contributed by atoms with Crippen LogP contribution in [-0.2, 0) is 15.8 Å². The zero-order valence-corrected chi connectivity index (χ0v) is 15.2. The molecule has 1 unspecified atom stereocenters. The summed E-state index contributed by atoms with van der Waals surface area (Å²) >= 11 is 0. The topological polar surface area (TPSA) is 92.6 Å². The van der Waals surface area contributed by atoms with Crippen molar-refractivity contribution in [2.75, 3.05) is 16.8 Å². The maximum Gasteiger partial charge on any atom is 0.416 e. The summed E-state index contributed by atoms with van der Waals surface area (Å²) in [4.78, 5) is 36.4. The quantitative estimate of drug-likeness (QED) is 0.614. The molecule has 1 fully saturated rings. The molecule has 0 spiro atoms. The monoisotopic (exact) mass is 407 g/mol. The lowest BCUT2D eigenvalue weighted by Gasteiger charge is -2.18. The second-order valence-electron chi connectivity index (χ2n) is 6.65. The van der Waals surface area contributed by atoms with Crippen LogP contribution in [0.5, 0.6) is 0 Å². The van der Waals surface area contributed by atoms with Crippen molar-refractivity contribution in [1.29, 1.82) is 0 Å². The van der Waals surface area contributed by atoms with Crippen LogP contribution < -0.4 is 10.2 Å². The predicted molar refractivity (Wildman–Crippen MR) is 98.4 cm³/mol. The smallest absolute Gasteiger partial charge is 0.325 e. The van der Waals surface area contributed by atoms with Gasteiger partial charge < -0.3 is 10.2 Å². The SMILES string of the molecule is Cc1c(NC(=O)C2CC(=O)N(c3cccc(C(F)(F)F)c3)C2)cccc1[N+](=O)[O-]. The molecule has 2 aromatic rings. The van der Waals surface area contributed by atoms with Crippen LogP contribution in [0.4, 0.5) is 30.2 Å². The van der Waals surface area contributed by atoms with E-state index in [2.05, 4.69) is 5.32 Å². The third kappa shape index (κ3) is 4.20. The summed E-state index contributed by atoms with van der Waals surface area (Å²) in [5.41, 5.74) is -0.468. The van der Waals surface area contributed by atoms with Crippen LogP contribution in [-0.4, -0.2) is 23.3 Å². The van der Waals surface area contributed by atoms with Crippen molar-refractivity contribution in [3.05, 3.63) is 63.7 Å². The number of amides is 2. The number of nitro groups is 1. The van der Waals surface area contributed by atoms with Crippen LogP contribution in [0, 0.1) is 23.0 Å². The van der Waals surface area contributed by atoms with Gasteiger partial charge in [0, 0.05) is 24.7 Å². The maximum absolute atomic E-state index is 12.9. The van der Waals surface area contributed by atoms with Crippen LogP contribution in [0.1, 0.15) is 17.5 Å². The summed E-state index contributed by atoms with van der Waals surface area (Å²) < 4.78 is 38.7. The van der Waals surface area contributed by atoms with E-state index in [9.17, 15) is 32.9 Å². The molecule has 1 N–H and O–H groups in total. The van der Waals surface area contributed by atoms with E-state index in [1.165, 1.54) is 37.3 Å². The highest BCUT2D eigenvalue weighted by Crippen LogP contribution is 2.34. The zero-order chi connectivity index (χ0) is 21.3. The van der Waals surface area contributed by atoms with Gasteiger partial charge in [-0.3, -0.25) is 19.7 Å². The first-order valence-electron chi connectivity index (χ1n) is 8.60. The van der Waals surface area contributed by atoms with Gasteiger partial charge in [-0.15, -0.1) is 0 Å². The van der Waals surface area contributed by atoms with Crippen LogP contribution in [0.3, 0.4) is 0 Å². The minimum Gasteiger partial charge on any atom is -0.325 e. The molecular weight excluding hydrogens is 391 g/mol. The van der Waals surface area contributed by atoms with E-state index in [-0.39, 0.29) is 35.6 Å². The Morgan fingerprint density at radius 3 is 2.59 bits per heavy atom. The summed E-state index contributed by atoms with van der Waals surface area (Å²) in [5, 5.41) is 13.6. The van der Waals surface area contributed by atoms with Crippen LogP contribution in [0.25, 0.3) is 0 Å². The van der Waals surface area contributed by atoms with E-state index in [1.807, 2.05) is 0 Å². The lowest BCUT2D eigenvalue weighted by atomic mass is 10.1. The van der Waals surface area contributed by atoms with Crippen molar-refractivity contribution in [3.8, 4) is 0 Å². The van der Waals surface area contributed by atoms with E-state index >= 15 is 0 Å². The molecule has 152 valence electrons. The third-order valence-electron chi connectivity index (χ3n) is 4.74. The molecule has 0 aromatic heterocycles. The molecule has 0 radical (unpaired) electrons. The number of carbonyl (C=O) groups excluding carboxylic acids is 2. The van der Waals surface area contributed by atoms with Crippen molar-refractivity contribution in [2.24, 2.45) is 5.92 Å². The molecule has 1 heterocycles. The van der Waals surface area contributed by atoms with Crippen LogP contribution >= 0.6 is 0 Å². The average Bonchev–Trinajstić information content (AvgIpc) is 3.04. The number of hydrogen-bond acceptors (Lipinski definition) is 4. The zero-order valence-electron chi connectivity index (χ0n) is 15.2. The number of benzene rings is 2. The minimum atomic E-state index is -4.55. The highest BCUT2D eigenvalue weighted by atomic mass is 19.4. The Hall–Kier alpha value is -3.43. The molecule has 29 heavy (non-hydrogen) atoms. The Morgan fingerprint density at radius 1 is 1.24 bits per heavy atom. The molecule has 1 aliphatic heterocycles. The fourth-order valence-electron chi connectivity index (χ4n) is 3.17. The molecule has 0 saturated carbocycles. The van der Waals surface area contributed by atoms with E-state index < -0.39 is 34.4 Å². The lowest BCUT2D eigenvalue weighted by molar-refractivity contribution is -0.385. The van der Waals surface area contributed by atoms with E-state index in [0.29, 0.717) is 0 Å². The standard InChI is InChI=1S/C19H16F3N3O4/c1-11-15(6-3-7-16(11)25(28)29)23-18(27)12-8-17(26)24(10-12)14-5-2-4-13(9-14)19(20,21)22/h2-7,9,12H,8,10H2,1H3,(H,23,27). The number of nitro benzene ring substituents is 1. The Bertz CT molecular complexity index is 991. The van der Waals surface area contributed by atoms with E-state index in [1.54, 1.807) is 0 Å². The summed E-state index contributed by atoms with van der Waals surface area (Å²) in [7, 11) is 0. The first-order chi connectivity index (χ1) is 13.6. The third-order valence-corrected chi connectivity index (χ3v) is 4.74. The molecular formula is C19H16F3N3O4. The minimum absolute atomic E-state index is 0.0617.